The van der Waals surface area contributed by atoms with Gasteiger partial charge in [-0.1, -0.05) is 25.1 Å². The number of likely N-dealkylation sites (tertiary alicyclic amines) is 1. The number of aliphatic hydroxyl groups is 1. The van der Waals surface area contributed by atoms with Crippen molar-refractivity contribution >= 4 is 16.9 Å². The van der Waals surface area contributed by atoms with E-state index in [0.29, 0.717) is 29.2 Å². The molecule has 0 saturated carbocycles. The minimum Gasteiger partial charge on any atom is -0.478 e. The van der Waals surface area contributed by atoms with E-state index in [2.05, 4.69) is 11.8 Å². The molecule has 2 unspecified atom stereocenters. The molecule has 112 valence electrons. The van der Waals surface area contributed by atoms with Crippen LogP contribution in [0.25, 0.3) is 11.0 Å². The monoisotopic (exact) mass is 289 g/mol. The molecule has 0 bridgehead atoms. The summed E-state index contributed by atoms with van der Waals surface area (Å²) >= 11 is 0. The van der Waals surface area contributed by atoms with E-state index in [1.807, 2.05) is 12.1 Å². The quantitative estimate of drug-likeness (QED) is 0.903. The van der Waals surface area contributed by atoms with Crippen molar-refractivity contribution in [1.29, 1.82) is 0 Å². The number of aliphatic hydroxyl groups excluding tert-OH is 1. The number of carbonyl (C=O) groups is 1. The van der Waals surface area contributed by atoms with Crippen LogP contribution in [0.3, 0.4) is 0 Å². The number of carboxylic acids is 1. The molecule has 0 spiro atoms. The summed E-state index contributed by atoms with van der Waals surface area (Å²) in [6.45, 7) is 3.47. The first kappa shape index (κ1) is 14.1. The first-order valence-corrected chi connectivity index (χ1v) is 7.20. The van der Waals surface area contributed by atoms with Gasteiger partial charge in [0.05, 0.1) is 13.2 Å². The van der Waals surface area contributed by atoms with E-state index in [1.54, 1.807) is 12.1 Å². The molecule has 2 heterocycles. The van der Waals surface area contributed by atoms with Crippen LogP contribution in [0.2, 0.25) is 0 Å². The Labute approximate surface area is 122 Å². The van der Waals surface area contributed by atoms with E-state index < -0.39 is 5.97 Å². The summed E-state index contributed by atoms with van der Waals surface area (Å²) < 4.78 is 5.75. The zero-order valence-corrected chi connectivity index (χ0v) is 12.0. The predicted octanol–water partition coefficient (Wildman–Crippen LogP) is 2.33. The smallest absolute Gasteiger partial charge is 0.339 e. The van der Waals surface area contributed by atoms with Gasteiger partial charge in [0.15, 0.2) is 0 Å². The molecule has 1 aromatic carbocycles. The van der Waals surface area contributed by atoms with Crippen molar-refractivity contribution in [2.24, 2.45) is 5.92 Å². The van der Waals surface area contributed by atoms with E-state index in [4.69, 9.17) is 4.42 Å². The predicted molar refractivity (Wildman–Crippen MR) is 78.2 cm³/mol. The van der Waals surface area contributed by atoms with Gasteiger partial charge >= 0.3 is 5.97 Å². The minimum atomic E-state index is -0.970. The van der Waals surface area contributed by atoms with Gasteiger partial charge in [0.25, 0.3) is 0 Å². The van der Waals surface area contributed by atoms with Crippen molar-refractivity contribution < 1.29 is 19.4 Å². The molecule has 3 rings (SSSR count). The summed E-state index contributed by atoms with van der Waals surface area (Å²) in [5, 5.41) is 19.6. The Morgan fingerprint density at radius 1 is 1.43 bits per heavy atom. The van der Waals surface area contributed by atoms with Crippen LogP contribution in [-0.4, -0.2) is 40.3 Å². The van der Waals surface area contributed by atoms with Crippen LogP contribution in [0.1, 0.15) is 29.5 Å². The highest BCUT2D eigenvalue weighted by atomic mass is 16.4. The molecule has 2 atom stereocenters. The van der Waals surface area contributed by atoms with Crippen LogP contribution < -0.4 is 0 Å². The molecule has 1 aromatic heterocycles. The number of fused-ring (bicyclic) bond motifs is 1. The average molecular weight is 289 g/mol. The summed E-state index contributed by atoms with van der Waals surface area (Å²) in [6.07, 6.45) is 1.01. The number of para-hydroxylation sites is 1. The molecule has 1 aliphatic rings. The van der Waals surface area contributed by atoms with Crippen LogP contribution in [0.4, 0.5) is 0 Å². The normalized spacial score (nSPS) is 23.0. The van der Waals surface area contributed by atoms with Gasteiger partial charge in [-0.25, -0.2) is 4.79 Å². The molecule has 1 fully saturated rings. The maximum Gasteiger partial charge on any atom is 0.339 e. The fourth-order valence-corrected chi connectivity index (χ4v) is 3.21. The third kappa shape index (κ3) is 2.43. The molecule has 1 aliphatic heterocycles. The zero-order chi connectivity index (χ0) is 15.0. The fourth-order valence-electron chi connectivity index (χ4n) is 3.21. The number of hydrogen-bond donors (Lipinski definition) is 2. The van der Waals surface area contributed by atoms with Gasteiger partial charge < -0.3 is 14.6 Å². The second-order valence-electron chi connectivity index (χ2n) is 5.69. The zero-order valence-electron chi connectivity index (χ0n) is 12.0. The van der Waals surface area contributed by atoms with E-state index in [1.165, 1.54) is 0 Å². The summed E-state index contributed by atoms with van der Waals surface area (Å²) in [7, 11) is 0. The number of benzene rings is 1. The van der Waals surface area contributed by atoms with Crippen LogP contribution in [0.15, 0.2) is 28.7 Å². The largest absolute Gasteiger partial charge is 0.478 e. The summed E-state index contributed by atoms with van der Waals surface area (Å²) in [4.78, 5) is 13.7. The Morgan fingerprint density at radius 2 is 2.19 bits per heavy atom. The molecule has 2 aromatic rings. The molecule has 0 radical (unpaired) electrons. The third-order valence-corrected chi connectivity index (χ3v) is 4.41. The van der Waals surface area contributed by atoms with Crippen molar-refractivity contribution in [3.05, 3.63) is 35.6 Å². The molecular formula is C16H19NO4. The Bertz CT molecular complexity index is 663. The van der Waals surface area contributed by atoms with Crippen LogP contribution in [0, 0.1) is 5.92 Å². The second-order valence-corrected chi connectivity index (χ2v) is 5.69. The number of furan rings is 1. The maximum absolute atomic E-state index is 11.6. The van der Waals surface area contributed by atoms with Gasteiger partial charge in [-0.3, -0.25) is 4.90 Å². The van der Waals surface area contributed by atoms with Crippen LogP contribution >= 0.6 is 0 Å². The molecule has 0 amide bonds. The molecule has 21 heavy (non-hydrogen) atoms. The van der Waals surface area contributed by atoms with Crippen molar-refractivity contribution in [3.8, 4) is 0 Å². The molecule has 2 N–H and O–H groups in total. The van der Waals surface area contributed by atoms with Crippen molar-refractivity contribution in [3.63, 3.8) is 0 Å². The summed E-state index contributed by atoms with van der Waals surface area (Å²) in [6, 6.07) is 7.25. The van der Waals surface area contributed by atoms with E-state index >= 15 is 0 Å². The fraction of sp³-hybridized carbons (Fsp3) is 0.438. The standard InChI is InChI=1S/C16H19NO4/c1-10-6-7-17(12(10)9-18)8-14-15(16(19)20)11-4-2-3-5-13(11)21-14/h2-5,10,12,18H,6-9H2,1H3,(H,19,20). The number of aromatic carboxylic acids is 1. The second kappa shape index (κ2) is 5.50. The lowest BCUT2D eigenvalue weighted by Gasteiger charge is -2.24. The van der Waals surface area contributed by atoms with Gasteiger partial charge in [0, 0.05) is 11.4 Å². The third-order valence-electron chi connectivity index (χ3n) is 4.41. The van der Waals surface area contributed by atoms with Crippen molar-refractivity contribution in [1.82, 2.24) is 4.90 Å². The first-order chi connectivity index (χ1) is 10.1. The minimum absolute atomic E-state index is 0.0693. The Balaban J connectivity index is 1.97. The summed E-state index contributed by atoms with van der Waals surface area (Å²) in [5.41, 5.74) is 0.833. The average Bonchev–Trinajstić information content (AvgIpc) is 2.99. The Morgan fingerprint density at radius 3 is 2.90 bits per heavy atom. The lowest BCUT2D eigenvalue weighted by molar-refractivity contribution is 0.0692. The number of rotatable bonds is 4. The van der Waals surface area contributed by atoms with E-state index in [0.717, 1.165) is 13.0 Å². The Hall–Kier alpha value is -1.85. The molecule has 1 saturated heterocycles. The highest BCUT2D eigenvalue weighted by molar-refractivity contribution is 6.03. The van der Waals surface area contributed by atoms with Gasteiger partial charge in [-0.2, -0.15) is 0 Å². The lowest BCUT2D eigenvalue weighted by Crippen LogP contribution is -2.34. The highest BCUT2D eigenvalue weighted by Gasteiger charge is 2.32. The van der Waals surface area contributed by atoms with Gasteiger partial charge in [0.2, 0.25) is 0 Å². The maximum atomic E-state index is 11.6. The van der Waals surface area contributed by atoms with Gasteiger partial charge in [-0.05, 0) is 24.9 Å². The number of hydrogen-bond acceptors (Lipinski definition) is 4. The molecule has 0 aliphatic carbocycles. The molecule has 5 heteroatoms. The van der Waals surface area contributed by atoms with E-state index in [9.17, 15) is 15.0 Å². The lowest BCUT2D eigenvalue weighted by atomic mass is 10.0. The topological polar surface area (TPSA) is 73.9 Å². The van der Waals surface area contributed by atoms with Crippen LogP contribution in [0.5, 0.6) is 0 Å². The van der Waals surface area contributed by atoms with Crippen LogP contribution in [-0.2, 0) is 6.54 Å². The van der Waals surface area contributed by atoms with Crippen molar-refractivity contribution in [2.45, 2.75) is 25.9 Å². The highest BCUT2D eigenvalue weighted by Crippen LogP contribution is 2.30. The van der Waals surface area contributed by atoms with Gasteiger partial charge in [0.1, 0.15) is 16.9 Å². The Kier molecular flexibility index (Phi) is 3.69. The number of nitrogens with zero attached hydrogens (tertiary/aromatic N) is 1. The first-order valence-electron chi connectivity index (χ1n) is 7.20. The summed E-state index contributed by atoms with van der Waals surface area (Å²) in [5.74, 6) is -0.0911. The SMILES string of the molecule is CC1CCN(Cc2oc3ccccc3c2C(=O)O)C1CO. The van der Waals surface area contributed by atoms with Crippen molar-refractivity contribution in [2.75, 3.05) is 13.2 Å². The molecular weight excluding hydrogens is 270 g/mol. The molecule has 5 nitrogen and oxygen atoms in total. The number of carboxylic acid groups (broad SMARTS) is 1. The van der Waals surface area contributed by atoms with E-state index in [-0.39, 0.29) is 18.2 Å². The van der Waals surface area contributed by atoms with Gasteiger partial charge in [-0.15, -0.1) is 0 Å².